The first-order valence-electron chi connectivity index (χ1n) is 14.6. The number of esters is 2. The molecular weight excluding hydrogens is 579 g/mol. The van der Waals surface area contributed by atoms with Gasteiger partial charge >= 0.3 is 11.9 Å². The Hall–Kier alpha value is -3.68. The number of pyridine rings is 1. The van der Waals surface area contributed by atoms with E-state index in [1.807, 2.05) is 0 Å². The zero-order valence-electron chi connectivity index (χ0n) is 23.7. The largest absolute Gasteiger partial charge is 0.425 e. The number of carbonyl (C=O) groups is 2. The lowest BCUT2D eigenvalue weighted by atomic mass is 9.61. The second-order valence-corrected chi connectivity index (χ2v) is 11.9. The van der Waals surface area contributed by atoms with Crippen LogP contribution in [-0.2, 0) is 19.1 Å². The summed E-state index contributed by atoms with van der Waals surface area (Å²) in [6.45, 7) is 2.01. The molecule has 0 radical (unpaired) electrons. The molecule has 4 aromatic heterocycles. The number of hydrogen-bond donors (Lipinski definition) is 3. The fourth-order valence-electron chi connectivity index (χ4n) is 6.68. The average molecular weight is 613 g/mol. The molecule has 0 aliphatic heterocycles. The molecule has 228 valence electrons. The normalized spacial score (nSPS) is 23.0. The molecule has 43 heavy (non-hydrogen) atoms. The Bertz CT molecular complexity index is 1650. The van der Waals surface area contributed by atoms with Crippen molar-refractivity contribution in [3.8, 4) is 11.5 Å². The van der Waals surface area contributed by atoms with Crippen molar-refractivity contribution in [2.24, 2.45) is 29.2 Å². The third-order valence-corrected chi connectivity index (χ3v) is 8.93. The highest BCUT2D eigenvalue weighted by molar-refractivity contribution is 6.31. The molecule has 3 saturated carbocycles. The summed E-state index contributed by atoms with van der Waals surface area (Å²) in [7, 11) is 0. The molecule has 0 aromatic carbocycles. The number of nitrogens with one attached hydrogen (secondary N) is 1. The summed E-state index contributed by atoms with van der Waals surface area (Å²) in [6.07, 6.45) is 8.59. The molecule has 7 rings (SSSR count). The van der Waals surface area contributed by atoms with E-state index in [1.165, 1.54) is 25.5 Å². The Morgan fingerprint density at radius 3 is 2.67 bits per heavy atom. The molecule has 2 bridgehead atoms. The minimum absolute atomic E-state index is 0.0375. The summed E-state index contributed by atoms with van der Waals surface area (Å²) in [5, 5.41) is 8.42. The van der Waals surface area contributed by atoms with E-state index in [1.54, 1.807) is 10.6 Å². The van der Waals surface area contributed by atoms with E-state index in [9.17, 15) is 9.59 Å². The molecule has 3 aliphatic rings. The van der Waals surface area contributed by atoms with Gasteiger partial charge < -0.3 is 25.5 Å². The minimum atomic E-state index is -1.12. The Morgan fingerprint density at radius 2 is 1.91 bits per heavy atom. The summed E-state index contributed by atoms with van der Waals surface area (Å²) in [5.74, 6) is -1.74. The van der Waals surface area contributed by atoms with Crippen LogP contribution >= 0.6 is 11.6 Å². The van der Waals surface area contributed by atoms with Crippen molar-refractivity contribution in [2.45, 2.75) is 70.2 Å². The second-order valence-electron chi connectivity index (χ2n) is 11.5. The quantitative estimate of drug-likeness (QED) is 0.135. The SMILES string of the molecule is CC(OC(=O)[C@@H](N)CCCCN)OC(=O)[C@H]1C2CCC(CC2)[C@@H]1n1cc(F)c2cnc(-c3[nH]nc4ncc(Cl)cc34)nc21. The first-order valence-corrected chi connectivity index (χ1v) is 15.0. The second kappa shape index (κ2) is 12.1. The molecule has 1 unspecified atom stereocenters. The van der Waals surface area contributed by atoms with Crippen molar-refractivity contribution in [1.29, 1.82) is 0 Å². The van der Waals surface area contributed by atoms with E-state index in [2.05, 4.69) is 20.2 Å². The molecule has 4 heterocycles. The van der Waals surface area contributed by atoms with Crippen LogP contribution in [-0.4, -0.2) is 60.5 Å². The zero-order valence-corrected chi connectivity index (χ0v) is 24.5. The maximum absolute atomic E-state index is 15.3. The number of unbranched alkanes of at least 4 members (excludes halogenated alkanes) is 1. The van der Waals surface area contributed by atoms with E-state index in [0.717, 1.165) is 32.1 Å². The third-order valence-electron chi connectivity index (χ3n) is 8.73. The van der Waals surface area contributed by atoms with E-state index in [-0.39, 0.29) is 17.2 Å². The number of halogens is 2. The number of H-pyrrole nitrogens is 1. The summed E-state index contributed by atoms with van der Waals surface area (Å²) in [5.41, 5.74) is 12.8. The molecule has 4 atom stereocenters. The van der Waals surface area contributed by atoms with Crippen molar-refractivity contribution in [1.82, 2.24) is 29.7 Å². The first kappa shape index (κ1) is 29.4. The summed E-state index contributed by atoms with van der Waals surface area (Å²) < 4.78 is 28.1. The molecule has 5 N–H and O–H groups in total. The van der Waals surface area contributed by atoms with E-state index in [4.69, 9.17) is 37.5 Å². The average Bonchev–Trinajstić information content (AvgIpc) is 3.57. The number of aromatic nitrogens is 6. The van der Waals surface area contributed by atoms with Crippen molar-refractivity contribution in [3.63, 3.8) is 0 Å². The van der Waals surface area contributed by atoms with Gasteiger partial charge in [0.05, 0.1) is 27.8 Å². The Balaban J connectivity index is 1.28. The molecule has 12 nitrogen and oxygen atoms in total. The van der Waals surface area contributed by atoms with Gasteiger partial charge in [0.15, 0.2) is 17.3 Å². The number of fused-ring (bicyclic) bond motifs is 5. The monoisotopic (exact) mass is 612 g/mol. The summed E-state index contributed by atoms with van der Waals surface area (Å²) >= 11 is 6.17. The van der Waals surface area contributed by atoms with Gasteiger partial charge in [-0.15, -0.1) is 0 Å². The molecule has 14 heteroatoms. The number of aromatic amines is 1. The lowest BCUT2D eigenvalue weighted by Gasteiger charge is -2.48. The van der Waals surface area contributed by atoms with Gasteiger partial charge in [0, 0.05) is 25.5 Å². The number of nitrogens with zero attached hydrogens (tertiary/aromatic N) is 5. The maximum Gasteiger partial charge on any atom is 0.325 e. The Labute approximate surface area is 251 Å². The molecule has 0 amide bonds. The van der Waals surface area contributed by atoms with Crippen LogP contribution in [0, 0.1) is 23.6 Å². The summed E-state index contributed by atoms with van der Waals surface area (Å²) in [6, 6.07) is 0.488. The highest BCUT2D eigenvalue weighted by Crippen LogP contribution is 2.52. The van der Waals surface area contributed by atoms with Gasteiger partial charge in [-0.25, -0.2) is 19.3 Å². The third kappa shape index (κ3) is 5.68. The summed E-state index contributed by atoms with van der Waals surface area (Å²) in [4.78, 5) is 39.5. The molecule has 0 saturated heterocycles. The standard InChI is InChI=1S/C29H34ClFN8O4/c1-14(42-28(40)21(33)4-2-3-9-32)43-29(41)22-15-5-7-16(8-6-15)24(22)39-13-20(31)19-12-35-26(36-27(19)39)23-18-10-17(30)11-34-25(18)38-37-23/h10-16,21-22,24H,2-9,32-33H2,1H3,(H,34,37,38)/t14?,15?,16?,21-,22-,24-/m0/s1. The number of hydrogen-bond acceptors (Lipinski definition) is 10. The van der Waals surface area contributed by atoms with Gasteiger partial charge in [0.1, 0.15) is 17.4 Å². The van der Waals surface area contributed by atoms with E-state index >= 15 is 4.39 Å². The molecule has 3 aliphatic carbocycles. The number of rotatable bonds is 10. The zero-order chi connectivity index (χ0) is 30.2. The Morgan fingerprint density at radius 1 is 1.14 bits per heavy atom. The van der Waals surface area contributed by atoms with Gasteiger partial charge in [0.25, 0.3) is 0 Å². The van der Waals surface area contributed by atoms with Crippen LogP contribution < -0.4 is 11.5 Å². The van der Waals surface area contributed by atoms with Gasteiger partial charge in [-0.05, 0) is 63.0 Å². The van der Waals surface area contributed by atoms with Crippen LogP contribution in [0.2, 0.25) is 5.02 Å². The first-order chi connectivity index (χ1) is 20.7. The van der Waals surface area contributed by atoms with Crippen LogP contribution in [0.3, 0.4) is 0 Å². The minimum Gasteiger partial charge on any atom is -0.425 e. The van der Waals surface area contributed by atoms with Crippen LogP contribution in [0.4, 0.5) is 4.39 Å². The van der Waals surface area contributed by atoms with E-state index in [0.29, 0.717) is 52.6 Å². The predicted octanol–water partition coefficient (Wildman–Crippen LogP) is 4.03. The van der Waals surface area contributed by atoms with Crippen LogP contribution in [0.1, 0.15) is 57.9 Å². The van der Waals surface area contributed by atoms with Crippen molar-refractivity contribution < 1.29 is 23.5 Å². The van der Waals surface area contributed by atoms with Crippen molar-refractivity contribution in [3.05, 3.63) is 35.5 Å². The number of carbonyl (C=O) groups excluding carboxylic acids is 2. The smallest absolute Gasteiger partial charge is 0.325 e. The highest BCUT2D eigenvalue weighted by Gasteiger charge is 2.50. The fraction of sp³-hybridized carbons (Fsp3) is 0.517. The Kier molecular flexibility index (Phi) is 8.29. The topological polar surface area (TPSA) is 177 Å². The highest BCUT2D eigenvalue weighted by atomic mass is 35.5. The van der Waals surface area contributed by atoms with Crippen LogP contribution in [0.25, 0.3) is 33.6 Å². The van der Waals surface area contributed by atoms with E-state index < -0.39 is 42.0 Å². The molecular formula is C29H34ClFN8O4. The maximum atomic E-state index is 15.3. The fourth-order valence-corrected chi connectivity index (χ4v) is 6.83. The van der Waals surface area contributed by atoms with Crippen molar-refractivity contribution >= 4 is 45.6 Å². The number of ether oxygens (including phenoxy) is 2. The molecule has 3 fully saturated rings. The number of nitrogens with two attached hydrogens (primary N) is 2. The predicted molar refractivity (Wildman–Crippen MR) is 156 cm³/mol. The van der Waals surface area contributed by atoms with Gasteiger partial charge in [-0.2, -0.15) is 5.10 Å². The van der Waals surface area contributed by atoms with Gasteiger partial charge in [-0.3, -0.25) is 14.7 Å². The van der Waals surface area contributed by atoms with Gasteiger partial charge in [0.2, 0.25) is 6.29 Å². The van der Waals surface area contributed by atoms with Gasteiger partial charge in [-0.1, -0.05) is 18.0 Å². The molecule has 4 aromatic rings. The van der Waals surface area contributed by atoms with Crippen LogP contribution in [0.5, 0.6) is 0 Å². The lowest BCUT2D eigenvalue weighted by molar-refractivity contribution is -0.193. The van der Waals surface area contributed by atoms with Crippen LogP contribution in [0.15, 0.2) is 24.7 Å². The molecule has 0 spiro atoms. The van der Waals surface area contributed by atoms with Crippen molar-refractivity contribution in [2.75, 3.05) is 6.54 Å². The lowest BCUT2D eigenvalue weighted by Crippen LogP contribution is -2.46.